The number of benzene rings is 3. The van der Waals surface area contributed by atoms with Crippen LogP contribution in [0.1, 0.15) is 5.56 Å². The topological polar surface area (TPSA) is 100 Å². The molecule has 0 unspecified atom stereocenters. The molecule has 1 aromatic heterocycles. The minimum Gasteiger partial charge on any atom is -0.456 e. The number of ether oxygens (including phenoxy) is 3. The van der Waals surface area contributed by atoms with Gasteiger partial charge in [-0.15, -0.1) is 0 Å². The SMILES string of the molecule is N#Cc1ccc(-c2ccc(-c3c(F)cc4[nH]c(O[C@@H]5CO[C@H]6[C@@H]5OC[C@H]6O)nc4c3F)cc2)c(F)c1. The van der Waals surface area contributed by atoms with E-state index in [9.17, 15) is 13.9 Å². The summed E-state index contributed by atoms with van der Waals surface area (Å²) in [7, 11) is 0. The van der Waals surface area contributed by atoms with Crippen LogP contribution in [-0.4, -0.2) is 52.7 Å². The first kappa shape index (κ1) is 22.5. The number of aromatic amines is 1. The quantitative estimate of drug-likeness (QED) is 0.444. The normalized spacial score (nSPS) is 23.1. The fourth-order valence-corrected chi connectivity index (χ4v) is 4.70. The number of aromatic nitrogens is 2. The molecule has 4 atom stereocenters. The summed E-state index contributed by atoms with van der Waals surface area (Å²) in [4.78, 5) is 6.93. The lowest BCUT2D eigenvalue weighted by Crippen LogP contribution is -2.34. The van der Waals surface area contributed by atoms with E-state index in [0.717, 1.165) is 12.1 Å². The first-order valence-corrected chi connectivity index (χ1v) is 11.2. The Bertz CT molecular complexity index is 1520. The summed E-state index contributed by atoms with van der Waals surface area (Å²) in [6, 6.07) is 13.2. The molecule has 7 nitrogen and oxygen atoms in total. The number of nitrogens with one attached hydrogen (secondary N) is 1. The van der Waals surface area contributed by atoms with Gasteiger partial charge in [-0.2, -0.15) is 10.2 Å². The van der Waals surface area contributed by atoms with Gasteiger partial charge in [-0.3, -0.25) is 0 Å². The molecule has 0 saturated carbocycles. The smallest absolute Gasteiger partial charge is 0.295 e. The van der Waals surface area contributed by atoms with Gasteiger partial charge >= 0.3 is 0 Å². The van der Waals surface area contributed by atoms with E-state index < -0.39 is 41.9 Å². The molecular formula is C26H18F3N3O4. The summed E-state index contributed by atoms with van der Waals surface area (Å²) in [5.74, 6) is -2.25. The lowest BCUT2D eigenvalue weighted by atomic mass is 9.98. The van der Waals surface area contributed by atoms with Gasteiger partial charge in [0.25, 0.3) is 6.01 Å². The van der Waals surface area contributed by atoms with E-state index in [0.29, 0.717) is 5.56 Å². The van der Waals surface area contributed by atoms with Crippen LogP contribution in [0.15, 0.2) is 48.5 Å². The van der Waals surface area contributed by atoms with Gasteiger partial charge in [0, 0.05) is 11.6 Å². The lowest BCUT2D eigenvalue weighted by Gasteiger charge is -2.15. The number of halogens is 3. The molecule has 2 saturated heterocycles. The third-order valence-electron chi connectivity index (χ3n) is 6.47. The van der Waals surface area contributed by atoms with E-state index >= 15 is 4.39 Å². The van der Waals surface area contributed by atoms with Gasteiger partial charge < -0.3 is 24.3 Å². The second-order valence-corrected chi connectivity index (χ2v) is 8.69. The Balaban J connectivity index is 1.29. The molecule has 0 spiro atoms. The Morgan fingerprint density at radius 2 is 1.72 bits per heavy atom. The average molecular weight is 493 g/mol. The summed E-state index contributed by atoms with van der Waals surface area (Å²) in [5, 5.41) is 18.8. The third-order valence-corrected chi connectivity index (χ3v) is 6.47. The summed E-state index contributed by atoms with van der Waals surface area (Å²) in [6.45, 7) is 0.298. The highest BCUT2D eigenvalue weighted by molar-refractivity contribution is 5.84. The van der Waals surface area contributed by atoms with Crippen molar-refractivity contribution in [1.29, 1.82) is 5.26 Å². The minimum atomic E-state index is -0.874. The molecule has 2 aliphatic rings. The van der Waals surface area contributed by atoms with Crippen LogP contribution in [0, 0.1) is 28.8 Å². The maximum Gasteiger partial charge on any atom is 0.295 e. The maximum atomic E-state index is 15.4. The molecule has 4 aromatic rings. The molecule has 3 heterocycles. The number of hydrogen-bond acceptors (Lipinski definition) is 6. The largest absolute Gasteiger partial charge is 0.456 e. The number of rotatable bonds is 4. The van der Waals surface area contributed by atoms with Crippen molar-refractivity contribution >= 4 is 11.0 Å². The number of H-pyrrole nitrogens is 1. The van der Waals surface area contributed by atoms with Gasteiger partial charge in [-0.05, 0) is 23.3 Å². The van der Waals surface area contributed by atoms with Gasteiger partial charge in [-0.25, -0.2) is 13.2 Å². The highest BCUT2D eigenvalue weighted by Crippen LogP contribution is 2.35. The van der Waals surface area contributed by atoms with Crippen LogP contribution in [0.3, 0.4) is 0 Å². The lowest BCUT2D eigenvalue weighted by molar-refractivity contribution is 0.00706. The second kappa shape index (κ2) is 8.64. The van der Waals surface area contributed by atoms with Crippen molar-refractivity contribution in [1.82, 2.24) is 9.97 Å². The van der Waals surface area contributed by atoms with Crippen LogP contribution < -0.4 is 4.74 Å². The van der Waals surface area contributed by atoms with E-state index in [1.165, 1.54) is 24.3 Å². The van der Waals surface area contributed by atoms with Gasteiger partial charge in [0.1, 0.15) is 35.5 Å². The first-order chi connectivity index (χ1) is 17.4. The number of imidazole rings is 1. The Labute approximate surface area is 202 Å². The fourth-order valence-electron chi connectivity index (χ4n) is 4.70. The predicted molar refractivity (Wildman–Crippen MR) is 121 cm³/mol. The second-order valence-electron chi connectivity index (χ2n) is 8.69. The van der Waals surface area contributed by atoms with E-state index in [1.54, 1.807) is 12.1 Å². The highest BCUT2D eigenvalue weighted by atomic mass is 19.1. The van der Waals surface area contributed by atoms with E-state index in [1.807, 2.05) is 6.07 Å². The summed E-state index contributed by atoms with van der Waals surface area (Å²) >= 11 is 0. The number of hydrogen-bond donors (Lipinski definition) is 2. The van der Waals surface area contributed by atoms with E-state index in [4.69, 9.17) is 19.5 Å². The van der Waals surface area contributed by atoms with E-state index in [2.05, 4.69) is 9.97 Å². The van der Waals surface area contributed by atoms with Gasteiger partial charge in [-0.1, -0.05) is 30.3 Å². The Morgan fingerprint density at radius 1 is 0.972 bits per heavy atom. The monoisotopic (exact) mass is 493 g/mol. The summed E-state index contributed by atoms with van der Waals surface area (Å²) < 4.78 is 61.6. The van der Waals surface area contributed by atoms with Gasteiger partial charge in [0.05, 0.1) is 35.9 Å². The molecule has 36 heavy (non-hydrogen) atoms. The van der Waals surface area contributed by atoms with Crippen molar-refractivity contribution in [2.45, 2.75) is 24.4 Å². The molecule has 2 aliphatic heterocycles. The molecule has 2 N–H and O–H groups in total. The van der Waals surface area contributed by atoms with Crippen LogP contribution >= 0.6 is 0 Å². The van der Waals surface area contributed by atoms with Crippen molar-refractivity contribution in [3.63, 3.8) is 0 Å². The van der Waals surface area contributed by atoms with Gasteiger partial charge in [0.15, 0.2) is 11.9 Å². The minimum absolute atomic E-state index is 0.0219. The highest BCUT2D eigenvalue weighted by Gasteiger charge is 2.48. The summed E-state index contributed by atoms with van der Waals surface area (Å²) in [5.41, 5.74) is 0.933. The number of nitrogens with zero attached hydrogens (tertiary/aromatic N) is 2. The average Bonchev–Trinajstić information content (AvgIpc) is 3.57. The number of nitriles is 1. The van der Waals surface area contributed by atoms with Crippen LogP contribution in [0.4, 0.5) is 13.2 Å². The number of aliphatic hydroxyl groups excluding tert-OH is 1. The molecule has 0 amide bonds. The predicted octanol–water partition coefficient (Wildman–Crippen LogP) is 4.09. The molecule has 3 aromatic carbocycles. The van der Waals surface area contributed by atoms with Crippen LogP contribution in [0.2, 0.25) is 0 Å². The zero-order valence-corrected chi connectivity index (χ0v) is 18.5. The van der Waals surface area contributed by atoms with Crippen molar-refractivity contribution < 1.29 is 32.5 Å². The zero-order valence-electron chi connectivity index (χ0n) is 18.5. The van der Waals surface area contributed by atoms with Gasteiger partial charge in [0.2, 0.25) is 0 Å². The van der Waals surface area contributed by atoms with Crippen molar-refractivity contribution in [3.8, 4) is 34.3 Å². The van der Waals surface area contributed by atoms with Crippen molar-refractivity contribution in [2.75, 3.05) is 13.2 Å². The van der Waals surface area contributed by atoms with E-state index in [-0.39, 0.29) is 52.5 Å². The fraction of sp³-hybridized carbons (Fsp3) is 0.231. The first-order valence-electron chi connectivity index (χ1n) is 11.2. The van der Waals surface area contributed by atoms with Crippen molar-refractivity contribution in [2.24, 2.45) is 0 Å². The Hall–Kier alpha value is -3.91. The molecule has 0 aliphatic carbocycles. The zero-order chi connectivity index (χ0) is 25.0. The molecule has 0 radical (unpaired) electrons. The number of aliphatic hydroxyl groups is 1. The number of fused-ring (bicyclic) bond motifs is 2. The molecule has 2 fully saturated rings. The standard InChI is InChI=1S/C26H18F3N3O4/c27-16-7-12(9-30)1-6-15(16)13-2-4-14(5-3-13)21-17(28)8-18-23(22(21)29)32-26(31-18)36-20-11-35-24-19(33)10-34-25(20)24/h1-8,19-20,24-25,33H,10-11H2,(H,31,32)/t19-,20-,24-,25-/m1/s1. The molecule has 182 valence electrons. The molecule has 10 heteroatoms. The maximum absolute atomic E-state index is 15.4. The van der Waals surface area contributed by atoms with Crippen LogP contribution in [-0.2, 0) is 9.47 Å². The third kappa shape index (κ3) is 3.69. The molecule has 0 bridgehead atoms. The van der Waals surface area contributed by atoms with Crippen LogP contribution in [0.5, 0.6) is 6.01 Å². The Kier molecular flexibility index (Phi) is 5.41. The van der Waals surface area contributed by atoms with Crippen molar-refractivity contribution in [3.05, 3.63) is 71.5 Å². The Morgan fingerprint density at radius 3 is 2.47 bits per heavy atom. The molecular weight excluding hydrogens is 475 g/mol. The molecule has 6 rings (SSSR count). The van der Waals surface area contributed by atoms with Crippen LogP contribution in [0.25, 0.3) is 33.3 Å². The summed E-state index contributed by atoms with van der Waals surface area (Å²) in [6.07, 6.45) is -2.28.